The van der Waals surface area contributed by atoms with E-state index in [1.165, 1.54) is 10.4 Å². The first-order valence-corrected chi connectivity index (χ1v) is 11.5. The Bertz CT molecular complexity index is 1100. The lowest BCUT2D eigenvalue weighted by Crippen LogP contribution is -2.27. The van der Waals surface area contributed by atoms with Crippen LogP contribution in [0.4, 0.5) is 0 Å². The molecule has 0 aliphatic carbocycles. The first-order valence-electron chi connectivity index (χ1n) is 9.17. The fraction of sp³-hybridized carbons (Fsp3) is 0.316. The molecule has 3 heterocycles. The Morgan fingerprint density at radius 2 is 1.93 bits per heavy atom. The van der Waals surface area contributed by atoms with Crippen LogP contribution in [0.25, 0.3) is 11.5 Å². The number of rotatable bonds is 6. The van der Waals surface area contributed by atoms with Crippen LogP contribution in [0.1, 0.15) is 29.1 Å². The number of nitrogens with zero attached hydrogens (tertiary/aromatic N) is 4. The summed E-state index contributed by atoms with van der Waals surface area (Å²) in [6.07, 6.45) is 1.93. The minimum Gasteiger partial charge on any atom is -0.412 e. The van der Waals surface area contributed by atoms with Crippen molar-refractivity contribution in [2.75, 3.05) is 20.1 Å². The van der Waals surface area contributed by atoms with E-state index in [2.05, 4.69) is 10.2 Å². The normalized spacial score (nSPS) is 14.6. The molecule has 8 nitrogen and oxygen atoms in total. The van der Waals surface area contributed by atoms with Gasteiger partial charge in [0.1, 0.15) is 4.21 Å². The number of thiophene rings is 1. The van der Waals surface area contributed by atoms with E-state index in [1.54, 1.807) is 17.3 Å². The molecular formula is C19H20N4O4S2. The van der Waals surface area contributed by atoms with Gasteiger partial charge in [-0.25, -0.2) is 8.42 Å². The minimum atomic E-state index is -3.66. The third kappa shape index (κ3) is 4.09. The summed E-state index contributed by atoms with van der Waals surface area (Å²) in [5.41, 5.74) is 1.38. The number of amides is 1. The average molecular weight is 433 g/mol. The molecule has 152 valence electrons. The van der Waals surface area contributed by atoms with E-state index in [0.29, 0.717) is 18.7 Å². The smallest absolute Gasteiger partial charge is 0.311 e. The Balaban J connectivity index is 1.51. The highest BCUT2D eigenvalue weighted by Crippen LogP contribution is 2.30. The maximum absolute atomic E-state index is 12.9. The Hall–Kier alpha value is -2.56. The molecule has 1 aromatic carbocycles. The zero-order valence-electron chi connectivity index (χ0n) is 15.8. The Morgan fingerprint density at radius 3 is 2.66 bits per heavy atom. The summed E-state index contributed by atoms with van der Waals surface area (Å²) in [4.78, 5) is 14.0. The van der Waals surface area contributed by atoms with Gasteiger partial charge in [0.2, 0.25) is 5.89 Å². The topological polar surface area (TPSA) is 96.6 Å². The van der Waals surface area contributed by atoms with Crippen LogP contribution in [0.5, 0.6) is 0 Å². The fourth-order valence-corrected chi connectivity index (χ4v) is 5.65. The van der Waals surface area contributed by atoms with Crippen molar-refractivity contribution in [2.45, 2.75) is 23.6 Å². The Morgan fingerprint density at radius 1 is 1.21 bits per heavy atom. The molecule has 0 unspecified atom stereocenters. The van der Waals surface area contributed by atoms with E-state index < -0.39 is 10.0 Å². The highest BCUT2D eigenvalue weighted by atomic mass is 32.2. The van der Waals surface area contributed by atoms with Crippen molar-refractivity contribution in [3.8, 4) is 11.5 Å². The van der Waals surface area contributed by atoms with Gasteiger partial charge in [-0.3, -0.25) is 4.79 Å². The summed E-state index contributed by atoms with van der Waals surface area (Å²) >= 11 is 1.08. The second kappa shape index (κ2) is 8.05. The third-order valence-electron chi connectivity index (χ3n) is 4.74. The molecular weight excluding hydrogens is 412 g/mol. The van der Waals surface area contributed by atoms with Gasteiger partial charge in [0.25, 0.3) is 10.0 Å². The largest absolute Gasteiger partial charge is 0.412 e. The molecule has 0 bridgehead atoms. The number of sulfonamides is 1. The van der Waals surface area contributed by atoms with Crippen molar-refractivity contribution in [2.24, 2.45) is 0 Å². The highest BCUT2D eigenvalue weighted by Gasteiger charge is 2.27. The van der Waals surface area contributed by atoms with Gasteiger partial charge in [-0.15, -0.1) is 21.5 Å². The van der Waals surface area contributed by atoms with Gasteiger partial charge in [-0.1, -0.05) is 30.3 Å². The lowest BCUT2D eigenvalue weighted by atomic mass is 10.2. The fourth-order valence-electron chi connectivity index (χ4n) is 3.12. The standard InChI is InChI=1S/C19H20N4O4S2/c1-22(12-14-7-3-2-4-8-14)29(25,26)16-11-15(13-28-16)17-20-21-18(27-17)19(24)23-9-5-6-10-23/h2-4,7-8,11,13H,5-6,9-10,12H2,1H3. The first kappa shape index (κ1) is 19.7. The van der Waals surface area contributed by atoms with E-state index >= 15 is 0 Å². The molecule has 1 fully saturated rings. The molecule has 1 amide bonds. The SMILES string of the molecule is CN(Cc1ccccc1)S(=O)(=O)c1cc(-c2nnc(C(=O)N3CCCC3)o2)cs1. The summed E-state index contributed by atoms with van der Waals surface area (Å²) in [7, 11) is -2.12. The molecule has 0 atom stereocenters. The van der Waals surface area contributed by atoms with Gasteiger partial charge in [-0.05, 0) is 24.5 Å². The summed E-state index contributed by atoms with van der Waals surface area (Å²) < 4.78 is 32.7. The highest BCUT2D eigenvalue weighted by molar-refractivity contribution is 7.91. The van der Waals surface area contributed by atoms with Crippen LogP contribution in [-0.4, -0.2) is 53.9 Å². The van der Waals surface area contributed by atoms with Gasteiger partial charge >= 0.3 is 11.8 Å². The zero-order chi connectivity index (χ0) is 20.4. The number of benzene rings is 1. The minimum absolute atomic E-state index is 0.0706. The van der Waals surface area contributed by atoms with Gasteiger partial charge in [0.15, 0.2) is 0 Å². The maximum atomic E-state index is 12.9. The van der Waals surface area contributed by atoms with Gasteiger partial charge in [0.05, 0.1) is 5.56 Å². The number of aromatic nitrogens is 2. The molecule has 0 spiro atoms. The quantitative estimate of drug-likeness (QED) is 0.594. The predicted molar refractivity (Wildman–Crippen MR) is 108 cm³/mol. The molecule has 0 saturated carbocycles. The van der Waals surface area contributed by atoms with E-state index in [4.69, 9.17) is 4.42 Å². The van der Waals surface area contributed by atoms with Gasteiger partial charge in [0, 0.05) is 32.1 Å². The monoisotopic (exact) mass is 432 g/mol. The molecule has 4 rings (SSSR count). The Kier molecular flexibility index (Phi) is 5.48. The van der Waals surface area contributed by atoms with Crippen LogP contribution in [-0.2, 0) is 16.6 Å². The van der Waals surface area contributed by atoms with Crippen molar-refractivity contribution in [1.82, 2.24) is 19.4 Å². The lowest BCUT2D eigenvalue weighted by Gasteiger charge is -2.15. The molecule has 3 aromatic rings. The van der Waals surface area contributed by atoms with Crippen molar-refractivity contribution < 1.29 is 17.6 Å². The number of hydrogen-bond donors (Lipinski definition) is 0. The summed E-state index contributed by atoms with van der Waals surface area (Å²) in [5.74, 6) is -0.221. The van der Waals surface area contributed by atoms with E-state index in [-0.39, 0.29) is 28.4 Å². The van der Waals surface area contributed by atoms with Crippen LogP contribution in [0.2, 0.25) is 0 Å². The zero-order valence-corrected chi connectivity index (χ0v) is 17.4. The predicted octanol–water partition coefficient (Wildman–Crippen LogP) is 2.85. The molecule has 1 aliphatic rings. The van der Waals surface area contributed by atoms with Crippen LogP contribution in [0.3, 0.4) is 0 Å². The van der Waals surface area contributed by atoms with E-state index in [0.717, 1.165) is 29.7 Å². The molecule has 1 aliphatic heterocycles. The maximum Gasteiger partial charge on any atom is 0.311 e. The number of carbonyl (C=O) groups is 1. The molecule has 2 aromatic heterocycles. The van der Waals surface area contributed by atoms with Crippen LogP contribution in [0.15, 0.2) is 50.4 Å². The van der Waals surface area contributed by atoms with Crippen molar-refractivity contribution in [3.05, 3.63) is 53.2 Å². The first-order chi connectivity index (χ1) is 13.9. The molecule has 1 saturated heterocycles. The summed E-state index contributed by atoms with van der Waals surface area (Å²) in [6.45, 7) is 1.64. The molecule has 0 N–H and O–H groups in total. The van der Waals surface area contributed by atoms with E-state index in [9.17, 15) is 13.2 Å². The lowest BCUT2D eigenvalue weighted by molar-refractivity contribution is 0.0754. The summed E-state index contributed by atoms with van der Waals surface area (Å²) in [6, 6.07) is 10.9. The second-order valence-corrected chi connectivity index (χ2v) is 10.00. The van der Waals surface area contributed by atoms with Crippen LogP contribution < -0.4 is 0 Å². The molecule has 29 heavy (non-hydrogen) atoms. The average Bonchev–Trinajstić information content (AvgIpc) is 3.49. The van der Waals surface area contributed by atoms with Crippen LogP contribution in [0, 0.1) is 0 Å². The second-order valence-electron chi connectivity index (χ2n) is 6.81. The van der Waals surface area contributed by atoms with Gasteiger partial charge < -0.3 is 9.32 Å². The Labute approximate surface area is 172 Å². The van der Waals surface area contributed by atoms with E-state index in [1.807, 2.05) is 30.3 Å². The van der Waals surface area contributed by atoms with Crippen molar-refractivity contribution in [3.63, 3.8) is 0 Å². The third-order valence-corrected chi connectivity index (χ3v) is 7.95. The number of carbonyl (C=O) groups excluding carboxylic acids is 1. The molecule has 10 heteroatoms. The van der Waals surface area contributed by atoms with Crippen molar-refractivity contribution >= 4 is 27.3 Å². The number of hydrogen-bond acceptors (Lipinski definition) is 7. The molecule has 0 radical (unpaired) electrons. The van der Waals surface area contributed by atoms with Crippen molar-refractivity contribution in [1.29, 1.82) is 0 Å². The van der Waals surface area contributed by atoms with Gasteiger partial charge in [-0.2, -0.15) is 4.31 Å². The van der Waals surface area contributed by atoms with Crippen LogP contribution >= 0.6 is 11.3 Å². The summed E-state index contributed by atoms with van der Waals surface area (Å²) in [5, 5.41) is 9.40. The number of likely N-dealkylation sites (tertiary alicyclic amines) is 1.